The predicted molar refractivity (Wildman–Crippen MR) is 90.8 cm³/mol. The fraction of sp³-hybridized carbons (Fsp3) is 0.118. The van der Waals surface area contributed by atoms with Gasteiger partial charge in [-0.3, -0.25) is 15.4 Å². The van der Waals surface area contributed by atoms with Crippen LogP contribution in [0, 0.1) is 12.3 Å². The lowest BCUT2D eigenvalue weighted by Crippen LogP contribution is -2.16. The summed E-state index contributed by atoms with van der Waals surface area (Å²) < 4.78 is 10.3. The molecule has 0 amide bonds. The number of aromatic nitrogens is 3. The van der Waals surface area contributed by atoms with E-state index in [1.165, 1.54) is 18.6 Å². The van der Waals surface area contributed by atoms with Crippen molar-refractivity contribution in [2.75, 3.05) is 6.61 Å². The highest BCUT2D eigenvalue weighted by Gasteiger charge is 2.24. The van der Waals surface area contributed by atoms with Crippen molar-refractivity contribution < 1.29 is 14.1 Å². The molecule has 0 radical (unpaired) electrons. The summed E-state index contributed by atoms with van der Waals surface area (Å²) in [5, 5.41) is 12.3. The molecule has 0 unspecified atom stereocenters. The van der Waals surface area contributed by atoms with Crippen LogP contribution in [0.1, 0.15) is 21.8 Å². The lowest BCUT2D eigenvalue weighted by atomic mass is 10.1. The normalized spacial score (nSPS) is 10.5. The number of aryl methyl sites for hydroxylation is 1. The Bertz CT molecular complexity index is 925. The molecular formula is C17H13ClN4O3. The third-order valence-electron chi connectivity index (χ3n) is 3.42. The Balaban J connectivity index is 1.80. The Labute approximate surface area is 148 Å². The second kappa shape index (κ2) is 7.23. The summed E-state index contributed by atoms with van der Waals surface area (Å²) in [6.45, 7) is 1.36. The molecule has 3 aromatic rings. The number of carbonyl (C=O) groups is 1. The molecule has 1 N–H and O–H groups in total. The molecule has 1 aromatic carbocycles. The number of ether oxygens (including phenoxy) is 1. The van der Waals surface area contributed by atoms with Crippen LogP contribution in [-0.4, -0.2) is 33.4 Å². The number of nitrogens with zero attached hydrogens (tertiary/aromatic N) is 3. The maximum atomic E-state index is 12.5. The number of nitrogens with one attached hydrogen (secondary N) is 1. The standard InChI is InChI=1S/C17H13ClN4O3/c1-10-15(16(22-25-10)11-4-2-3-5-12(11)18)17(23)24-9-13(19)14-8-20-6-7-21-14/h2-8,19H,9H2,1H3. The highest BCUT2D eigenvalue weighted by Crippen LogP contribution is 2.31. The zero-order valence-electron chi connectivity index (χ0n) is 13.2. The average Bonchev–Trinajstić information content (AvgIpc) is 3.02. The Morgan fingerprint density at radius 2 is 2.12 bits per heavy atom. The van der Waals surface area contributed by atoms with Gasteiger partial charge in [-0.2, -0.15) is 0 Å². The summed E-state index contributed by atoms with van der Waals surface area (Å²) in [6, 6.07) is 6.99. The number of rotatable bonds is 5. The summed E-state index contributed by atoms with van der Waals surface area (Å²) in [7, 11) is 0. The van der Waals surface area contributed by atoms with Crippen LogP contribution in [0.4, 0.5) is 0 Å². The first kappa shape index (κ1) is 16.8. The monoisotopic (exact) mass is 356 g/mol. The number of hydrogen-bond acceptors (Lipinski definition) is 7. The maximum absolute atomic E-state index is 12.5. The van der Waals surface area contributed by atoms with Crippen LogP contribution in [0.5, 0.6) is 0 Å². The van der Waals surface area contributed by atoms with Crippen LogP contribution in [0.15, 0.2) is 47.4 Å². The smallest absolute Gasteiger partial charge is 0.344 e. The van der Waals surface area contributed by atoms with E-state index in [1.807, 2.05) is 0 Å². The van der Waals surface area contributed by atoms with E-state index in [9.17, 15) is 4.79 Å². The van der Waals surface area contributed by atoms with E-state index in [0.29, 0.717) is 27.7 Å². The Kier molecular flexibility index (Phi) is 4.85. The molecule has 0 aliphatic heterocycles. The topological polar surface area (TPSA) is 102 Å². The van der Waals surface area contributed by atoms with Crippen LogP contribution in [0.25, 0.3) is 11.3 Å². The van der Waals surface area contributed by atoms with E-state index < -0.39 is 5.97 Å². The third kappa shape index (κ3) is 3.56. The van der Waals surface area contributed by atoms with Gasteiger partial charge in [0.15, 0.2) is 0 Å². The summed E-state index contributed by atoms with van der Waals surface area (Å²) >= 11 is 6.17. The molecule has 2 heterocycles. The molecule has 0 atom stereocenters. The third-order valence-corrected chi connectivity index (χ3v) is 3.75. The minimum atomic E-state index is -0.651. The van der Waals surface area contributed by atoms with Gasteiger partial charge in [0, 0.05) is 18.0 Å². The van der Waals surface area contributed by atoms with Crippen LogP contribution in [0.3, 0.4) is 0 Å². The van der Waals surface area contributed by atoms with Crippen molar-refractivity contribution in [2.45, 2.75) is 6.92 Å². The number of hydrogen-bond donors (Lipinski definition) is 1. The second-order valence-corrected chi connectivity index (χ2v) is 5.49. The lowest BCUT2D eigenvalue weighted by Gasteiger charge is -2.07. The molecule has 0 aliphatic carbocycles. The van der Waals surface area contributed by atoms with Gasteiger partial charge in [-0.25, -0.2) is 4.79 Å². The van der Waals surface area contributed by atoms with Crippen molar-refractivity contribution in [2.24, 2.45) is 0 Å². The zero-order valence-corrected chi connectivity index (χ0v) is 13.9. The molecule has 0 bridgehead atoms. The van der Waals surface area contributed by atoms with E-state index in [0.717, 1.165) is 0 Å². The van der Waals surface area contributed by atoms with Gasteiger partial charge in [0.25, 0.3) is 0 Å². The van der Waals surface area contributed by atoms with Crippen LogP contribution in [0.2, 0.25) is 5.02 Å². The fourth-order valence-corrected chi connectivity index (χ4v) is 2.41. The van der Waals surface area contributed by atoms with Crippen LogP contribution in [-0.2, 0) is 4.74 Å². The largest absolute Gasteiger partial charge is 0.455 e. The molecule has 0 spiro atoms. The van der Waals surface area contributed by atoms with E-state index in [2.05, 4.69) is 15.1 Å². The zero-order chi connectivity index (χ0) is 17.8. The van der Waals surface area contributed by atoms with Crippen molar-refractivity contribution in [1.82, 2.24) is 15.1 Å². The molecule has 0 fully saturated rings. The van der Waals surface area contributed by atoms with E-state index in [-0.39, 0.29) is 17.9 Å². The molecule has 126 valence electrons. The predicted octanol–water partition coefficient (Wildman–Crippen LogP) is 3.32. The van der Waals surface area contributed by atoms with Crippen molar-refractivity contribution in [3.05, 3.63) is 64.9 Å². The molecule has 3 rings (SSSR count). The first-order valence-corrected chi connectivity index (χ1v) is 7.68. The van der Waals surface area contributed by atoms with Gasteiger partial charge in [-0.15, -0.1) is 0 Å². The van der Waals surface area contributed by atoms with Gasteiger partial charge in [0.2, 0.25) is 0 Å². The van der Waals surface area contributed by atoms with Gasteiger partial charge in [-0.05, 0) is 13.0 Å². The van der Waals surface area contributed by atoms with Gasteiger partial charge >= 0.3 is 5.97 Å². The summed E-state index contributed by atoms with van der Waals surface area (Å²) in [4.78, 5) is 20.3. The molecule has 0 saturated heterocycles. The first-order valence-electron chi connectivity index (χ1n) is 7.30. The highest BCUT2D eigenvalue weighted by atomic mass is 35.5. The Morgan fingerprint density at radius 1 is 1.32 bits per heavy atom. The molecule has 0 aliphatic rings. The highest BCUT2D eigenvalue weighted by molar-refractivity contribution is 6.33. The van der Waals surface area contributed by atoms with Crippen molar-refractivity contribution >= 4 is 23.3 Å². The summed E-state index contributed by atoms with van der Waals surface area (Å²) in [5.74, 6) is -0.340. The number of halogens is 1. The average molecular weight is 357 g/mol. The summed E-state index contributed by atoms with van der Waals surface area (Å²) in [6.07, 6.45) is 4.39. The van der Waals surface area contributed by atoms with E-state index in [1.54, 1.807) is 31.2 Å². The molecule has 25 heavy (non-hydrogen) atoms. The first-order chi connectivity index (χ1) is 12.1. The molecule has 2 aromatic heterocycles. The number of esters is 1. The lowest BCUT2D eigenvalue weighted by molar-refractivity contribution is 0.0562. The maximum Gasteiger partial charge on any atom is 0.344 e. The SMILES string of the molecule is Cc1onc(-c2ccccc2Cl)c1C(=O)OCC(=N)c1cnccn1. The molecular weight excluding hydrogens is 344 g/mol. The van der Waals surface area contributed by atoms with Crippen molar-refractivity contribution in [1.29, 1.82) is 5.41 Å². The number of benzene rings is 1. The van der Waals surface area contributed by atoms with E-state index in [4.69, 9.17) is 26.3 Å². The van der Waals surface area contributed by atoms with Crippen LogP contribution < -0.4 is 0 Å². The quantitative estimate of drug-likeness (QED) is 0.555. The molecule has 7 nitrogen and oxygen atoms in total. The van der Waals surface area contributed by atoms with Crippen molar-refractivity contribution in [3.8, 4) is 11.3 Å². The molecule has 0 saturated carbocycles. The van der Waals surface area contributed by atoms with Gasteiger partial charge in [0.05, 0.1) is 16.9 Å². The Hall–Kier alpha value is -3.06. The van der Waals surface area contributed by atoms with Gasteiger partial charge in [-0.1, -0.05) is 35.0 Å². The molecule has 8 heteroatoms. The van der Waals surface area contributed by atoms with E-state index >= 15 is 0 Å². The van der Waals surface area contributed by atoms with Gasteiger partial charge in [0.1, 0.15) is 29.3 Å². The van der Waals surface area contributed by atoms with Crippen molar-refractivity contribution in [3.63, 3.8) is 0 Å². The fourth-order valence-electron chi connectivity index (χ4n) is 2.19. The number of carbonyl (C=O) groups excluding carboxylic acids is 1. The summed E-state index contributed by atoms with van der Waals surface area (Å²) in [5.41, 5.74) is 1.43. The minimum Gasteiger partial charge on any atom is -0.455 e. The van der Waals surface area contributed by atoms with Gasteiger partial charge < -0.3 is 9.26 Å². The van der Waals surface area contributed by atoms with Crippen LogP contribution >= 0.6 is 11.6 Å². The second-order valence-electron chi connectivity index (χ2n) is 5.09. The Morgan fingerprint density at radius 3 is 2.84 bits per heavy atom. The minimum absolute atomic E-state index is 0.0369.